The number of nitrogens with one attached hydrogen (secondary N) is 3. The van der Waals surface area contributed by atoms with Crippen LogP contribution in [0.3, 0.4) is 0 Å². The first-order valence-electron chi connectivity index (χ1n) is 7.79. The van der Waals surface area contributed by atoms with Crippen LogP contribution in [0.25, 0.3) is 0 Å². The third kappa shape index (κ3) is 6.65. The second-order valence-corrected chi connectivity index (χ2v) is 8.40. The molecular formula is C18H18Cl3N3OS. The number of hydrogen-bond donors (Lipinski definition) is 3. The van der Waals surface area contributed by atoms with E-state index in [1.807, 2.05) is 61.5 Å². The summed E-state index contributed by atoms with van der Waals surface area (Å²) >= 11 is 23.2. The van der Waals surface area contributed by atoms with Gasteiger partial charge in [0.1, 0.15) is 6.17 Å². The van der Waals surface area contributed by atoms with Crippen molar-refractivity contribution in [2.75, 3.05) is 5.32 Å². The minimum atomic E-state index is -1.79. The number of anilines is 1. The monoisotopic (exact) mass is 429 g/mol. The molecule has 0 heterocycles. The summed E-state index contributed by atoms with van der Waals surface area (Å²) in [5, 5.41) is 8.77. The van der Waals surface area contributed by atoms with Gasteiger partial charge in [-0.05, 0) is 36.3 Å². The molecule has 0 spiro atoms. The van der Waals surface area contributed by atoms with E-state index >= 15 is 0 Å². The van der Waals surface area contributed by atoms with Crippen LogP contribution >= 0.6 is 47.0 Å². The lowest BCUT2D eigenvalue weighted by molar-refractivity contribution is -0.121. The van der Waals surface area contributed by atoms with Crippen LogP contribution < -0.4 is 16.0 Å². The molecule has 0 aliphatic rings. The lowest BCUT2D eigenvalue weighted by Crippen LogP contribution is -2.56. The maximum atomic E-state index is 12.3. The van der Waals surface area contributed by atoms with Crippen LogP contribution in [0, 0.1) is 6.92 Å². The van der Waals surface area contributed by atoms with E-state index in [1.54, 1.807) is 0 Å². The molecule has 0 aliphatic carbocycles. The highest BCUT2D eigenvalue weighted by atomic mass is 35.6. The van der Waals surface area contributed by atoms with Gasteiger partial charge in [0, 0.05) is 5.69 Å². The molecule has 0 saturated carbocycles. The number of aryl methyl sites for hydroxylation is 1. The largest absolute Gasteiger partial charge is 0.339 e. The summed E-state index contributed by atoms with van der Waals surface area (Å²) in [6.45, 7) is 1.94. The first kappa shape index (κ1) is 20.8. The number of halogens is 3. The van der Waals surface area contributed by atoms with Gasteiger partial charge in [-0.2, -0.15) is 0 Å². The summed E-state index contributed by atoms with van der Waals surface area (Å²) in [6.07, 6.45) is -0.828. The van der Waals surface area contributed by atoms with Crippen molar-refractivity contribution in [3.8, 4) is 0 Å². The van der Waals surface area contributed by atoms with Gasteiger partial charge in [0.25, 0.3) is 0 Å². The SMILES string of the molecule is Cc1ccccc1NC(=S)N[C@H](NC(=O)Cc1ccccc1)C(Cl)(Cl)Cl. The number of carbonyl (C=O) groups is 1. The van der Waals surface area contributed by atoms with Crippen molar-refractivity contribution < 1.29 is 4.79 Å². The summed E-state index contributed by atoms with van der Waals surface area (Å²) < 4.78 is -1.79. The van der Waals surface area contributed by atoms with Gasteiger partial charge in [-0.25, -0.2) is 0 Å². The maximum Gasteiger partial charge on any atom is 0.228 e. The number of amides is 1. The second kappa shape index (κ2) is 9.42. The van der Waals surface area contributed by atoms with Gasteiger partial charge in [-0.3, -0.25) is 4.79 Å². The van der Waals surface area contributed by atoms with Crippen molar-refractivity contribution in [1.29, 1.82) is 0 Å². The van der Waals surface area contributed by atoms with Crippen molar-refractivity contribution in [3.05, 3.63) is 65.7 Å². The Morgan fingerprint density at radius 1 is 1.04 bits per heavy atom. The highest BCUT2D eigenvalue weighted by molar-refractivity contribution is 7.80. The lowest BCUT2D eigenvalue weighted by Gasteiger charge is -2.28. The summed E-state index contributed by atoms with van der Waals surface area (Å²) in [5.41, 5.74) is 2.69. The molecule has 0 saturated heterocycles. The van der Waals surface area contributed by atoms with Crippen LogP contribution in [-0.4, -0.2) is 21.0 Å². The van der Waals surface area contributed by atoms with Crippen molar-refractivity contribution in [3.63, 3.8) is 0 Å². The Bertz CT molecular complexity index is 766. The van der Waals surface area contributed by atoms with E-state index in [-0.39, 0.29) is 17.4 Å². The second-order valence-electron chi connectivity index (χ2n) is 5.62. The molecule has 1 atom stereocenters. The lowest BCUT2D eigenvalue weighted by atomic mass is 10.1. The molecule has 0 aliphatic heterocycles. The Balaban J connectivity index is 2.00. The Kier molecular flexibility index (Phi) is 7.53. The molecule has 0 unspecified atom stereocenters. The average Bonchev–Trinajstić information content (AvgIpc) is 2.56. The number of alkyl halides is 3. The minimum absolute atomic E-state index is 0.164. The van der Waals surface area contributed by atoms with Gasteiger partial charge < -0.3 is 16.0 Å². The van der Waals surface area contributed by atoms with Crippen molar-refractivity contribution >= 4 is 63.7 Å². The third-order valence-corrected chi connectivity index (χ3v) is 4.38. The zero-order valence-corrected chi connectivity index (χ0v) is 17.0. The van der Waals surface area contributed by atoms with E-state index in [0.29, 0.717) is 0 Å². The van der Waals surface area contributed by atoms with Crippen molar-refractivity contribution in [2.24, 2.45) is 0 Å². The fourth-order valence-electron chi connectivity index (χ4n) is 2.20. The molecule has 0 bridgehead atoms. The molecule has 3 N–H and O–H groups in total. The zero-order valence-electron chi connectivity index (χ0n) is 13.9. The number of benzene rings is 2. The zero-order chi connectivity index (χ0) is 19.2. The smallest absolute Gasteiger partial charge is 0.228 e. The first-order chi connectivity index (χ1) is 12.3. The van der Waals surface area contributed by atoms with E-state index in [9.17, 15) is 4.79 Å². The number of hydrogen-bond acceptors (Lipinski definition) is 2. The fourth-order valence-corrected chi connectivity index (χ4v) is 2.75. The molecule has 26 heavy (non-hydrogen) atoms. The van der Waals surface area contributed by atoms with Crippen LogP contribution in [0.4, 0.5) is 5.69 Å². The number of rotatable bonds is 5. The summed E-state index contributed by atoms with van der Waals surface area (Å²) in [6, 6.07) is 16.9. The average molecular weight is 431 g/mol. The first-order valence-corrected chi connectivity index (χ1v) is 9.33. The maximum absolute atomic E-state index is 12.3. The minimum Gasteiger partial charge on any atom is -0.339 e. The van der Waals surface area contributed by atoms with E-state index in [0.717, 1.165) is 16.8 Å². The van der Waals surface area contributed by atoms with Crippen LogP contribution in [0.2, 0.25) is 0 Å². The van der Waals surface area contributed by atoms with Crippen molar-refractivity contribution in [1.82, 2.24) is 10.6 Å². The summed E-state index contributed by atoms with van der Waals surface area (Å²) in [7, 11) is 0. The third-order valence-electron chi connectivity index (χ3n) is 3.51. The summed E-state index contributed by atoms with van der Waals surface area (Å²) in [4.78, 5) is 12.3. The Morgan fingerprint density at radius 2 is 1.65 bits per heavy atom. The molecule has 1 amide bonds. The van der Waals surface area contributed by atoms with Crippen LogP contribution in [0.5, 0.6) is 0 Å². The molecular weight excluding hydrogens is 413 g/mol. The van der Waals surface area contributed by atoms with Gasteiger partial charge in [0.15, 0.2) is 5.11 Å². The van der Waals surface area contributed by atoms with E-state index < -0.39 is 9.96 Å². The standard InChI is InChI=1S/C18H18Cl3N3OS/c1-12-7-5-6-10-14(12)22-17(26)24-16(18(19,20)21)23-15(25)11-13-8-3-2-4-9-13/h2-10,16H,11H2,1H3,(H,23,25)(H2,22,24,26)/t16-/m0/s1. The van der Waals surface area contributed by atoms with Gasteiger partial charge in [0.2, 0.25) is 9.70 Å². The van der Waals surface area contributed by atoms with E-state index in [2.05, 4.69) is 16.0 Å². The van der Waals surface area contributed by atoms with Gasteiger partial charge in [-0.15, -0.1) is 0 Å². The predicted octanol–water partition coefficient (Wildman–Crippen LogP) is 4.34. The van der Waals surface area contributed by atoms with Crippen LogP contribution in [-0.2, 0) is 11.2 Å². The Hall–Kier alpha value is -1.53. The molecule has 8 heteroatoms. The molecule has 138 valence electrons. The number of carbonyl (C=O) groups excluding carboxylic acids is 1. The van der Waals surface area contributed by atoms with E-state index in [1.165, 1.54) is 0 Å². The molecule has 0 fully saturated rings. The highest BCUT2D eigenvalue weighted by Crippen LogP contribution is 2.29. The molecule has 2 aromatic rings. The summed E-state index contributed by atoms with van der Waals surface area (Å²) in [5.74, 6) is -0.293. The van der Waals surface area contributed by atoms with Crippen LogP contribution in [0.15, 0.2) is 54.6 Å². The van der Waals surface area contributed by atoms with Gasteiger partial charge in [0.05, 0.1) is 6.42 Å². The topological polar surface area (TPSA) is 53.2 Å². The highest BCUT2D eigenvalue weighted by Gasteiger charge is 2.34. The van der Waals surface area contributed by atoms with Crippen LogP contribution in [0.1, 0.15) is 11.1 Å². The predicted molar refractivity (Wildman–Crippen MR) is 113 cm³/mol. The Morgan fingerprint density at radius 3 is 2.27 bits per heavy atom. The van der Waals surface area contributed by atoms with Gasteiger partial charge in [-0.1, -0.05) is 83.3 Å². The fraction of sp³-hybridized carbons (Fsp3) is 0.222. The Labute approximate surface area is 173 Å². The molecule has 2 aromatic carbocycles. The number of thiocarbonyl (C=S) groups is 1. The normalized spacial score (nSPS) is 12.2. The van der Waals surface area contributed by atoms with Crippen molar-refractivity contribution in [2.45, 2.75) is 23.3 Å². The molecule has 4 nitrogen and oxygen atoms in total. The number of para-hydroxylation sites is 1. The molecule has 0 aromatic heterocycles. The van der Waals surface area contributed by atoms with E-state index in [4.69, 9.17) is 47.0 Å². The molecule has 2 rings (SSSR count). The van der Waals surface area contributed by atoms with Gasteiger partial charge >= 0.3 is 0 Å². The molecule has 0 radical (unpaired) electrons. The quantitative estimate of drug-likeness (QED) is 0.375.